The van der Waals surface area contributed by atoms with Crippen molar-refractivity contribution in [1.82, 2.24) is 0 Å². The maximum Gasteiger partial charge on any atom is 0.0447 e. The fourth-order valence-electron chi connectivity index (χ4n) is 1.56. The van der Waals surface area contributed by atoms with Crippen LogP contribution in [0.2, 0.25) is 0 Å². The van der Waals surface area contributed by atoms with Crippen molar-refractivity contribution < 1.29 is 5.11 Å². The summed E-state index contributed by atoms with van der Waals surface area (Å²) < 4.78 is 0. The van der Waals surface area contributed by atoms with E-state index in [1.54, 1.807) is 0 Å². The zero-order valence-electron chi connectivity index (χ0n) is 9.90. The number of aliphatic hydroxyl groups is 1. The molecular weight excluding hydrogens is 186 g/mol. The van der Waals surface area contributed by atoms with E-state index in [0.29, 0.717) is 5.92 Å². The van der Waals surface area contributed by atoms with Crippen LogP contribution in [-0.4, -0.2) is 25.3 Å². The van der Waals surface area contributed by atoms with Crippen LogP contribution in [-0.2, 0) is 0 Å². The number of benzene rings is 1. The number of nitrogens with zero attached hydrogens (tertiary/aromatic N) is 1. The average Bonchev–Trinajstić information content (AvgIpc) is 2.26. The Kier molecular flexibility index (Phi) is 4.63. The largest absolute Gasteiger partial charge is 0.396 e. The zero-order chi connectivity index (χ0) is 11.3. The lowest BCUT2D eigenvalue weighted by molar-refractivity contribution is 0.290. The fourth-order valence-corrected chi connectivity index (χ4v) is 1.56. The molecule has 0 spiro atoms. The van der Waals surface area contributed by atoms with E-state index in [4.69, 9.17) is 5.11 Å². The minimum Gasteiger partial charge on any atom is -0.396 e. The Labute approximate surface area is 92.5 Å². The topological polar surface area (TPSA) is 23.5 Å². The summed E-state index contributed by atoms with van der Waals surface area (Å²) in [6, 6.07) is 8.60. The van der Waals surface area contributed by atoms with Gasteiger partial charge in [-0.25, -0.2) is 0 Å². The molecule has 0 saturated heterocycles. The average molecular weight is 207 g/mol. The first-order valence-corrected chi connectivity index (χ1v) is 5.57. The van der Waals surface area contributed by atoms with Gasteiger partial charge in [0.2, 0.25) is 0 Å². The Morgan fingerprint density at radius 2 is 2.07 bits per heavy atom. The summed E-state index contributed by atoms with van der Waals surface area (Å²) in [6.07, 6.45) is 0.822. The summed E-state index contributed by atoms with van der Waals surface area (Å²) in [5, 5.41) is 8.78. The molecule has 15 heavy (non-hydrogen) atoms. The predicted octanol–water partition coefficient (Wildman–Crippen LogP) is 2.63. The smallest absolute Gasteiger partial charge is 0.0447 e. The highest BCUT2D eigenvalue weighted by molar-refractivity contribution is 5.48. The number of anilines is 1. The molecule has 2 nitrogen and oxygen atoms in total. The Bertz CT molecular complexity index is 296. The van der Waals surface area contributed by atoms with Gasteiger partial charge in [-0.3, -0.25) is 0 Å². The third-order valence-corrected chi connectivity index (χ3v) is 2.63. The third kappa shape index (κ3) is 3.56. The lowest BCUT2D eigenvalue weighted by atomic mass is 10.0. The molecule has 0 atom stereocenters. The Morgan fingerprint density at radius 1 is 1.33 bits per heavy atom. The van der Waals surface area contributed by atoms with E-state index in [2.05, 4.69) is 50.1 Å². The molecule has 0 aliphatic rings. The van der Waals surface area contributed by atoms with Crippen molar-refractivity contribution in [3.05, 3.63) is 29.8 Å². The Morgan fingerprint density at radius 3 is 2.67 bits per heavy atom. The van der Waals surface area contributed by atoms with Gasteiger partial charge in [0.05, 0.1) is 0 Å². The van der Waals surface area contributed by atoms with Crippen molar-refractivity contribution >= 4 is 5.69 Å². The second kappa shape index (κ2) is 5.76. The van der Waals surface area contributed by atoms with E-state index < -0.39 is 0 Å². The summed E-state index contributed by atoms with van der Waals surface area (Å²) in [5.74, 6) is 0.566. The molecular formula is C13H21NO. The minimum absolute atomic E-state index is 0.258. The fraction of sp³-hybridized carbons (Fsp3) is 0.538. The van der Waals surface area contributed by atoms with Crippen LogP contribution in [0.25, 0.3) is 0 Å². The van der Waals surface area contributed by atoms with Crippen molar-refractivity contribution in [3.63, 3.8) is 0 Å². The molecule has 0 aromatic heterocycles. The van der Waals surface area contributed by atoms with Crippen LogP contribution in [0.5, 0.6) is 0 Å². The van der Waals surface area contributed by atoms with Crippen molar-refractivity contribution in [2.24, 2.45) is 0 Å². The van der Waals surface area contributed by atoms with Crippen molar-refractivity contribution in [1.29, 1.82) is 0 Å². The molecule has 0 fully saturated rings. The van der Waals surface area contributed by atoms with Crippen LogP contribution in [0.4, 0.5) is 5.69 Å². The first-order chi connectivity index (χ1) is 7.15. The SMILES string of the molecule is CC(C)c1cccc(N(C)CCCO)c1. The molecule has 1 rings (SSSR count). The van der Waals surface area contributed by atoms with Gasteiger partial charge in [0.15, 0.2) is 0 Å². The Hall–Kier alpha value is -1.02. The monoisotopic (exact) mass is 207 g/mol. The van der Waals surface area contributed by atoms with Crippen molar-refractivity contribution in [2.75, 3.05) is 25.1 Å². The number of hydrogen-bond donors (Lipinski definition) is 1. The number of hydrogen-bond acceptors (Lipinski definition) is 2. The normalized spacial score (nSPS) is 10.7. The maximum atomic E-state index is 8.78. The van der Waals surface area contributed by atoms with Gasteiger partial charge < -0.3 is 10.0 Å². The predicted molar refractivity (Wildman–Crippen MR) is 65.5 cm³/mol. The van der Waals surface area contributed by atoms with Gasteiger partial charge in [0, 0.05) is 25.9 Å². The number of rotatable bonds is 5. The van der Waals surface area contributed by atoms with E-state index in [-0.39, 0.29) is 6.61 Å². The first-order valence-electron chi connectivity index (χ1n) is 5.57. The molecule has 84 valence electrons. The third-order valence-electron chi connectivity index (χ3n) is 2.63. The summed E-state index contributed by atoms with van der Waals surface area (Å²) in [6.45, 7) is 5.56. The van der Waals surface area contributed by atoms with E-state index in [1.165, 1.54) is 11.3 Å². The van der Waals surface area contributed by atoms with Gasteiger partial charge in [-0.15, -0.1) is 0 Å². The van der Waals surface area contributed by atoms with Gasteiger partial charge in [0.1, 0.15) is 0 Å². The molecule has 1 aromatic carbocycles. The molecule has 0 aliphatic heterocycles. The second-order valence-corrected chi connectivity index (χ2v) is 4.25. The van der Waals surface area contributed by atoms with Crippen LogP contribution in [0, 0.1) is 0 Å². The van der Waals surface area contributed by atoms with E-state index >= 15 is 0 Å². The van der Waals surface area contributed by atoms with Crippen LogP contribution in [0.15, 0.2) is 24.3 Å². The first kappa shape index (κ1) is 12.1. The molecule has 1 N–H and O–H groups in total. The standard InChI is InChI=1S/C13H21NO/c1-11(2)12-6-4-7-13(10-12)14(3)8-5-9-15/h4,6-7,10-11,15H,5,8-9H2,1-3H3. The summed E-state index contributed by atoms with van der Waals surface area (Å²) in [4.78, 5) is 2.18. The van der Waals surface area contributed by atoms with Crippen molar-refractivity contribution in [2.45, 2.75) is 26.2 Å². The van der Waals surface area contributed by atoms with E-state index in [1.807, 2.05) is 0 Å². The molecule has 0 radical (unpaired) electrons. The number of aliphatic hydroxyl groups excluding tert-OH is 1. The van der Waals surface area contributed by atoms with Gasteiger partial charge in [-0.1, -0.05) is 26.0 Å². The molecule has 1 aromatic rings. The summed E-state index contributed by atoms with van der Waals surface area (Å²) in [5.41, 5.74) is 2.60. The maximum absolute atomic E-state index is 8.78. The van der Waals surface area contributed by atoms with Gasteiger partial charge in [0.25, 0.3) is 0 Å². The summed E-state index contributed by atoms with van der Waals surface area (Å²) >= 11 is 0. The lowest BCUT2D eigenvalue weighted by Crippen LogP contribution is -2.19. The van der Waals surface area contributed by atoms with Crippen LogP contribution < -0.4 is 4.90 Å². The molecule has 0 unspecified atom stereocenters. The molecule has 0 aliphatic carbocycles. The quantitative estimate of drug-likeness (QED) is 0.802. The zero-order valence-corrected chi connectivity index (χ0v) is 9.90. The molecule has 0 heterocycles. The Balaban J connectivity index is 2.71. The highest BCUT2D eigenvalue weighted by Gasteiger charge is 2.03. The van der Waals surface area contributed by atoms with E-state index in [0.717, 1.165) is 13.0 Å². The van der Waals surface area contributed by atoms with Crippen LogP contribution in [0.3, 0.4) is 0 Å². The van der Waals surface area contributed by atoms with Crippen LogP contribution in [0.1, 0.15) is 31.7 Å². The molecule has 2 heteroatoms. The molecule has 0 amide bonds. The van der Waals surface area contributed by atoms with Crippen molar-refractivity contribution in [3.8, 4) is 0 Å². The highest BCUT2D eigenvalue weighted by Crippen LogP contribution is 2.20. The summed E-state index contributed by atoms with van der Waals surface area (Å²) in [7, 11) is 2.06. The molecule has 0 saturated carbocycles. The van der Waals surface area contributed by atoms with Gasteiger partial charge >= 0.3 is 0 Å². The molecule has 0 bridgehead atoms. The van der Waals surface area contributed by atoms with Gasteiger partial charge in [-0.05, 0) is 30.0 Å². The van der Waals surface area contributed by atoms with E-state index in [9.17, 15) is 0 Å². The second-order valence-electron chi connectivity index (χ2n) is 4.25. The minimum atomic E-state index is 0.258. The van der Waals surface area contributed by atoms with Gasteiger partial charge in [-0.2, -0.15) is 0 Å². The van der Waals surface area contributed by atoms with Crippen LogP contribution >= 0.6 is 0 Å². The highest BCUT2D eigenvalue weighted by atomic mass is 16.3. The lowest BCUT2D eigenvalue weighted by Gasteiger charge is -2.20.